The first-order valence-electron chi connectivity index (χ1n) is 8.80. The molecule has 4 heteroatoms. The van der Waals surface area contributed by atoms with Gasteiger partial charge in [0.05, 0.1) is 0 Å². The standard InChI is InChI=1S/C22H18BN3/c1-23-19-14-12-18(13-15-19)22-25-20(16-8-4-2-5-9-16)24-21(26-22)17-10-6-3-7-11-17/h2-15,23H,1H3. The average molecular weight is 335 g/mol. The van der Waals surface area contributed by atoms with E-state index < -0.39 is 0 Å². The summed E-state index contributed by atoms with van der Waals surface area (Å²) in [6.07, 6.45) is 0. The highest BCUT2D eigenvalue weighted by atomic mass is 15.0. The van der Waals surface area contributed by atoms with Gasteiger partial charge >= 0.3 is 0 Å². The molecule has 0 aliphatic rings. The number of aromatic nitrogens is 3. The summed E-state index contributed by atoms with van der Waals surface area (Å²) in [6, 6.07) is 28.5. The van der Waals surface area contributed by atoms with Crippen molar-refractivity contribution in [2.24, 2.45) is 0 Å². The highest BCUT2D eigenvalue weighted by molar-refractivity contribution is 6.51. The smallest absolute Gasteiger partial charge is 0.164 e. The molecule has 124 valence electrons. The Kier molecular flexibility index (Phi) is 4.56. The Balaban J connectivity index is 1.87. The molecule has 0 saturated carbocycles. The molecule has 0 spiro atoms. The SMILES string of the molecule is CBc1ccc(-c2nc(-c3ccccc3)nc(-c3ccccc3)n2)cc1. The molecule has 1 heterocycles. The molecule has 0 aliphatic carbocycles. The van der Waals surface area contributed by atoms with Gasteiger partial charge in [-0.15, -0.1) is 0 Å². The van der Waals surface area contributed by atoms with Gasteiger partial charge in [-0.2, -0.15) is 0 Å². The van der Waals surface area contributed by atoms with Crippen molar-refractivity contribution in [2.75, 3.05) is 0 Å². The molecular formula is C22H18BN3. The molecule has 3 nitrogen and oxygen atoms in total. The van der Waals surface area contributed by atoms with E-state index in [4.69, 9.17) is 15.0 Å². The van der Waals surface area contributed by atoms with E-state index in [-0.39, 0.29) is 0 Å². The Bertz CT molecular complexity index is 943. The molecule has 0 fully saturated rings. The fourth-order valence-electron chi connectivity index (χ4n) is 2.83. The normalized spacial score (nSPS) is 10.5. The van der Waals surface area contributed by atoms with Gasteiger partial charge in [-0.25, -0.2) is 15.0 Å². The van der Waals surface area contributed by atoms with E-state index in [1.54, 1.807) is 0 Å². The third kappa shape index (κ3) is 3.40. The lowest BCUT2D eigenvalue weighted by atomic mass is 9.73. The zero-order valence-corrected chi connectivity index (χ0v) is 14.6. The Hall–Kier alpha value is -3.27. The van der Waals surface area contributed by atoms with E-state index in [9.17, 15) is 0 Å². The predicted octanol–water partition coefficient (Wildman–Crippen LogP) is 3.98. The zero-order chi connectivity index (χ0) is 17.8. The number of nitrogens with zero attached hydrogens (tertiary/aromatic N) is 3. The van der Waals surface area contributed by atoms with Gasteiger partial charge < -0.3 is 0 Å². The maximum atomic E-state index is 4.73. The minimum absolute atomic E-state index is 0.689. The van der Waals surface area contributed by atoms with Crippen LogP contribution in [0.2, 0.25) is 6.82 Å². The van der Waals surface area contributed by atoms with Gasteiger partial charge in [0.2, 0.25) is 0 Å². The van der Waals surface area contributed by atoms with Crippen LogP contribution in [-0.4, -0.2) is 22.2 Å². The van der Waals surface area contributed by atoms with E-state index in [1.165, 1.54) is 5.46 Å². The van der Waals surface area contributed by atoms with Crippen LogP contribution < -0.4 is 5.46 Å². The number of hydrogen-bond donors (Lipinski definition) is 0. The van der Waals surface area contributed by atoms with E-state index >= 15 is 0 Å². The van der Waals surface area contributed by atoms with Crippen LogP contribution in [0.5, 0.6) is 0 Å². The Morgan fingerprint density at radius 1 is 0.500 bits per heavy atom. The molecule has 0 amide bonds. The lowest BCUT2D eigenvalue weighted by Gasteiger charge is -2.08. The first-order valence-corrected chi connectivity index (χ1v) is 8.80. The van der Waals surface area contributed by atoms with Crippen molar-refractivity contribution in [1.82, 2.24) is 15.0 Å². The van der Waals surface area contributed by atoms with Crippen molar-refractivity contribution < 1.29 is 0 Å². The van der Waals surface area contributed by atoms with Gasteiger partial charge in [0, 0.05) is 16.7 Å². The summed E-state index contributed by atoms with van der Waals surface area (Å²) in [6.45, 7) is 2.15. The van der Waals surface area contributed by atoms with Crippen LogP contribution in [0.3, 0.4) is 0 Å². The first-order chi connectivity index (χ1) is 12.8. The summed E-state index contributed by atoms with van der Waals surface area (Å²) in [5.41, 5.74) is 4.27. The van der Waals surface area contributed by atoms with Gasteiger partial charge in [-0.1, -0.05) is 97.2 Å². The van der Waals surface area contributed by atoms with Gasteiger partial charge in [0.15, 0.2) is 24.8 Å². The molecular weight excluding hydrogens is 317 g/mol. The fraction of sp³-hybridized carbons (Fsp3) is 0.0455. The average Bonchev–Trinajstić information content (AvgIpc) is 2.75. The lowest BCUT2D eigenvalue weighted by Crippen LogP contribution is -2.09. The Labute approximate surface area is 154 Å². The summed E-state index contributed by atoms with van der Waals surface area (Å²) in [7, 11) is 1.02. The second kappa shape index (κ2) is 7.32. The Morgan fingerprint density at radius 3 is 1.27 bits per heavy atom. The van der Waals surface area contributed by atoms with Crippen molar-refractivity contribution in [1.29, 1.82) is 0 Å². The first kappa shape index (κ1) is 16.2. The van der Waals surface area contributed by atoms with Crippen LogP contribution in [0.1, 0.15) is 0 Å². The summed E-state index contributed by atoms with van der Waals surface area (Å²) in [5, 5.41) is 0. The second-order valence-corrected chi connectivity index (χ2v) is 6.09. The van der Waals surface area contributed by atoms with E-state index in [1.807, 2.05) is 60.7 Å². The van der Waals surface area contributed by atoms with Gasteiger partial charge in [-0.05, 0) is 0 Å². The van der Waals surface area contributed by atoms with Gasteiger partial charge in [0.25, 0.3) is 0 Å². The van der Waals surface area contributed by atoms with Crippen molar-refractivity contribution in [3.05, 3.63) is 84.9 Å². The summed E-state index contributed by atoms with van der Waals surface area (Å²) < 4.78 is 0. The molecule has 0 radical (unpaired) electrons. The molecule has 26 heavy (non-hydrogen) atoms. The van der Waals surface area contributed by atoms with Crippen LogP contribution >= 0.6 is 0 Å². The lowest BCUT2D eigenvalue weighted by molar-refractivity contribution is 1.07. The zero-order valence-electron chi connectivity index (χ0n) is 14.6. The maximum absolute atomic E-state index is 4.73. The van der Waals surface area contributed by atoms with Crippen molar-refractivity contribution in [3.8, 4) is 34.2 Å². The third-order valence-electron chi connectivity index (χ3n) is 4.32. The monoisotopic (exact) mass is 335 g/mol. The van der Waals surface area contributed by atoms with Gasteiger partial charge in [-0.3, -0.25) is 0 Å². The van der Waals surface area contributed by atoms with E-state index in [2.05, 4.69) is 31.1 Å². The molecule has 0 saturated heterocycles. The van der Waals surface area contributed by atoms with Crippen molar-refractivity contribution >= 4 is 12.7 Å². The topological polar surface area (TPSA) is 38.7 Å². The number of hydrogen-bond acceptors (Lipinski definition) is 3. The molecule has 0 bridgehead atoms. The molecule has 0 atom stereocenters. The van der Waals surface area contributed by atoms with Crippen LogP contribution in [-0.2, 0) is 0 Å². The van der Waals surface area contributed by atoms with Gasteiger partial charge in [0.1, 0.15) is 0 Å². The fourth-order valence-corrected chi connectivity index (χ4v) is 2.83. The quantitative estimate of drug-likeness (QED) is 0.530. The van der Waals surface area contributed by atoms with Crippen molar-refractivity contribution in [2.45, 2.75) is 6.82 Å². The molecule has 3 aromatic carbocycles. The minimum Gasteiger partial charge on any atom is -0.208 e. The predicted molar refractivity (Wildman–Crippen MR) is 109 cm³/mol. The summed E-state index contributed by atoms with van der Waals surface area (Å²) in [5.74, 6) is 2.07. The van der Waals surface area contributed by atoms with E-state index in [0.717, 1.165) is 24.0 Å². The maximum Gasteiger partial charge on any atom is 0.164 e. The third-order valence-corrected chi connectivity index (χ3v) is 4.32. The largest absolute Gasteiger partial charge is 0.208 e. The molecule has 4 rings (SSSR count). The minimum atomic E-state index is 0.689. The van der Waals surface area contributed by atoms with E-state index in [0.29, 0.717) is 17.5 Å². The van der Waals surface area contributed by atoms with Crippen LogP contribution in [0.4, 0.5) is 0 Å². The second-order valence-electron chi connectivity index (χ2n) is 6.09. The van der Waals surface area contributed by atoms with Crippen LogP contribution in [0.25, 0.3) is 34.2 Å². The number of rotatable bonds is 4. The summed E-state index contributed by atoms with van der Waals surface area (Å²) in [4.78, 5) is 14.2. The highest BCUT2D eigenvalue weighted by Gasteiger charge is 2.11. The molecule has 4 aromatic rings. The summed E-state index contributed by atoms with van der Waals surface area (Å²) >= 11 is 0. The van der Waals surface area contributed by atoms with Crippen LogP contribution in [0.15, 0.2) is 84.9 Å². The molecule has 0 N–H and O–H groups in total. The molecule has 1 aromatic heterocycles. The number of benzene rings is 3. The molecule has 0 unspecified atom stereocenters. The molecule has 0 aliphatic heterocycles. The highest BCUT2D eigenvalue weighted by Crippen LogP contribution is 2.23. The van der Waals surface area contributed by atoms with Crippen molar-refractivity contribution in [3.63, 3.8) is 0 Å². The Morgan fingerprint density at radius 2 is 0.885 bits per heavy atom. The van der Waals surface area contributed by atoms with Crippen LogP contribution in [0, 0.1) is 0 Å².